The van der Waals surface area contributed by atoms with Gasteiger partial charge in [-0.3, -0.25) is 0 Å². The van der Waals surface area contributed by atoms with Crippen molar-refractivity contribution in [3.05, 3.63) is 34.9 Å². The van der Waals surface area contributed by atoms with Crippen molar-refractivity contribution >= 4 is 14.4 Å². The molecule has 0 aromatic heterocycles. The van der Waals surface area contributed by atoms with Crippen LogP contribution in [-0.2, 0) is 15.6 Å². The Bertz CT molecular complexity index is 806. The highest BCUT2D eigenvalue weighted by atomic mass is 28.4. The van der Waals surface area contributed by atoms with Crippen LogP contribution in [-0.4, -0.2) is 38.1 Å². The average molecular weight is 416 g/mol. The lowest BCUT2D eigenvalue weighted by atomic mass is 9.92. The average Bonchev–Trinajstić information content (AvgIpc) is 2.56. The molecule has 0 radical (unpaired) electrons. The Balaban J connectivity index is 2.06. The van der Waals surface area contributed by atoms with Crippen LogP contribution in [0.1, 0.15) is 71.2 Å². The first-order valence-electron chi connectivity index (χ1n) is 10.5. The fourth-order valence-electron chi connectivity index (χ4n) is 3.05. The fourth-order valence-corrected chi connectivity index (χ4v) is 3.92. The highest BCUT2D eigenvalue weighted by Gasteiger charge is 2.36. The first-order chi connectivity index (χ1) is 13.2. The summed E-state index contributed by atoms with van der Waals surface area (Å²) in [5.74, 6) is 6.42. The van der Waals surface area contributed by atoms with Crippen molar-refractivity contribution in [1.82, 2.24) is 4.90 Å². The third-order valence-electron chi connectivity index (χ3n) is 5.85. The van der Waals surface area contributed by atoms with E-state index in [1.807, 2.05) is 31.7 Å². The zero-order valence-electron chi connectivity index (χ0n) is 19.6. The summed E-state index contributed by atoms with van der Waals surface area (Å²) >= 11 is 0. The highest BCUT2D eigenvalue weighted by molar-refractivity contribution is 6.74. The van der Waals surface area contributed by atoms with Gasteiger partial charge in [0.15, 0.2) is 8.32 Å². The van der Waals surface area contributed by atoms with Crippen molar-refractivity contribution in [3.8, 4) is 11.8 Å². The third kappa shape index (κ3) is 6.10. The molecule has 1 atom stereocenters. The first kappa shape index (κ1) is 23.5. The van der Waals surface area contributed by atoms with Gasteiger partial charge in [0.05, 0.1) is 12.6 Å². The Morgan fingerprint density at radius 3 is 2.45 bits per heavy atom. The van der Waals surface area contributed by atoms with Crippen LogP contribution in [0.3, 0.4) is 0 Å². The molecule has 0 fully saturated rings. The van der Waals surface area contributed by atoms with Gasteiger partial charge in [0.1, 0.15) is 5.60 Å². The molecule has 160 valence electrons. The summed E-state index contributed by atoms with van der Waals surface area (Å²) in [5.41, 5.74) is 2.95. The van der Waals surface area contributed by atoms with Crippen molar-refractivity contribution < 1.29 is 14.0 Å². The third-order valence-corrected chi connectivity index (χ3v) is 10.3. The summed E-state index contributed by atoms with van der Waals surface area (Å²) in [6, 6.07) is 6.28. The SMILES string of the molecule is CC1c2ccc(C#CCO[Si](C)(C)C(C)(C)C)cc2CCN1C(=O)OC(C)(C)C. The number of carbonyl (C=O) groups excluding carboxylic acids is 1. The summed E-state index contributed by atoms with van der Waals surface area (Å²) in [6.07, 6.45) is 0.567. The lowest BCUT2D eigenvalue weighted by molar-refractivity contribution is 0.0160. The Hall–Kier alpha value is -1.77. The molecule has 1 heterocycles. The monoisotopic (exact) mass is 415 g/mol. The quantitative estimate of drug-likeness (QED) is 0.445. The number of carbonyl (C=O) groups is 1. The second-order valence-corrected chi connectivity index (χ2v) is 15.2. The minimum atomic E-state index is -1.76. The molecule has 0 saturated heterocycles. The van der Waals surface area contributed by atoms with Crippen LogP contribution in [0.2, 0.25) is 18.1 Å². The number of fused-ring (bicyclic) bond motifs is 1. The topological polar surface area (TPSA) is 38.8 Å². The van der Waals surface area contributed by atoms with E-state index in [9.17, 15) is 4.79 Å². The normalized spacial score (nSPS) is 17.3. The largest absolute Gasteiger partial charge is 0.444 e. The maximum atomic E-state index is 12.5. The van der Waals surface area contributed by atoms with Gasteiger partial charge >= 0.3 is 6.09 Å². The molecular formula is C24H37NO3Si. The van der Waals surface area contributed by atoms with Crippen molar-refractivity contribution in [1.29, 1.82) is 0 Å². The summed E-state index contributed by atoms with van der Waals surface area (Å²) in [7, 11) is -1.76. The molecule has 0 N–H and O–H groups in total. The molecule has 0 spiro atoms. The second kappa shape index (κ2) is 8.53. The van der Waals surface area contributed by atoms with Gasteiger partial charge in [-0.2, -0.15) is 0 Å². The van der Waals surface area contributed by atoms with E-state index in [0.29, 0.717) is 13.2 Å². The number of amides is 1. The van der Waals surface area contributed by atoms with Crippen molar-refractivity contribution in [2.24, 2.45) is 0 Å². The molecule has 0 bridgehead atoms. The molecule has 1 amide bonds. The van der Waals surface area contributed by atoms with Crippen molar-refractivity contribution in [3.63, 3.8) is 0 Å². The molecule has 4 nitrogen and oxygen atoms in total. The van der Waals surface area contributed by atoms with Crippen LogP contribution in [0.4, 0.5) is 4.79 Å². The molecule has 2 rings (SSSR count). The Morgan fingerprint density at radius 1 is 1.21 bits per heavy atom. The van der Waals surface area contributed by atoms with E-state index in [1.165, 1.54) is 11.1 Å². The first-order valence-corrected chi connectivity index (χ1v) is 13.4. The number of ether oxygens (including phenoxy) is 1. The molecule has 0 saturated carbocycles. The Kier molecular flexibility index (Phi) is 6.92. The lowest BCUT2D eigenvalue weighted by Crippen LogP contribution is -2.42. The van der Waals surface area contributed by atoms with Crippen molar-refractivity contribution in [2.45, 2.75) is 84.7 Å². The van der Waals surface area contributed by atoms with Gasteiger partial charge in [0.2, 0.25) is 0 Å². The number of rotatable bonds is 2. The van der Waals surface area contributed by atoms with E-state index >= 15 is 0 Å². The summed E-state index contributed by atoms with van der Waals surface area (Å²) < 4.78 is 11.7. The number of nitrogens with zero attached hydrogens (tertiary/aromatic N) is 1. The van der Waals surface area contributed by atoms with E-state index in [1.54, 1.807) is 0 Å². The molecule has 1 unspecified atom stereocenters. The van der Waals surface area contributed by atoms with Gasteiger partial charge in [0.25, 0.3) is 0 Å². The summed E-state index contributed by atoms with van der Waals surface area (Å²) in [4.78, 5) is 14.3. The van der Waals surface area contributed by atoms with Gasteiger partial charge in [-0.1, -0.05) is 38.7 Å². The predicted molar refractivity (Wildman–Crippen MR) is 122 cm³/mol. The van der Waals surface area contributed by atoms with Crippen LogP contribution >= 0.6 is 0 Å². The standard InChI is InChI=1S/C24H37NO3Si/c1-18-21-13-12-19(11-10-16-27-29(8,9)24(5,6)7)17-20(21)14-15-25(18)22(26)28-23(2,3)4/h12-13,17-18H,14-16H2,1-9H3. The molecule has 1 aromatic rings. The van der Waals surface area contributed by atoms with Crippen LogP contribution in [0.5, 0.6) is 0 Å². The van der Waals surface area contributed by atoms with Crippen LogP contribution < -0.4 is 0 Å². The smallest absolute Gasteiger partial charge is 0.410 e. The summed E-state index contributed by atoms with van der Waals surface area (Å²) in [5, 5.41) is 0.191. The number of hydrogen-bond donors (Lipinski definition) is 0. The highest BCUT2D eigenvalue weighted by Crippen LogP contribution is 2.36. The number of benzene rings is 1. The Morgan fingerprint density at radius 2 is 1.86 bits per heavy atom. The minimum absolute atomic E-state index is 0.00229. The van der Waals surface area contributed by atoms with Gasteiger partial charge in [-0.05, 0) is 75.5 Å². The zero-order valence-corrected chi connectivity index (χ0v) is 20.6. The minimum Gasteiger partial charge on any atom is -0.444 e. The maximum Gasteiger partial charge on any atom is 0.410 e. The second-order valence-electron chi connectivity index (χ2n) is 10.4. The Labute approximate surface area is 178 Å². The molecule has 1 aliphatic heterocycles. The zero-order chi connectivity index (χ0) is 22.0. The molecule has 1 aromatic carbocycles. The van der Waals surface area contributed by atoms with Crippen molar-refractivity contribution in [2.75, 3.05) is 13.2 Å². The van der Waals surface area contributed by atoms with E-state index in [0.717, 1.165) is 12.0 Å². The maximum absolute atomic E-state index is 12.5. The molecule has 29 heavy (non-hydrogen) atoms. The van der Waals surface area contributed by atoms with Gasteiger partial charge < -0.3 is 14.1 Å². The van der Waals surface area contributed by atoms with Gasteiger partial charge in [-0.15, -0.1) is 0 Å². The van der Waals surface area contributed by atoms with E-state index in [2.05, 4.69) is 64.8 Å². The number of hydrogen-bond acceptors (Lipinski definition) is 3. The molecule has 5 heteroatoms. The molecule has 1 aliphatic rings. The lowest BCUT2D eigenvalue weighted by Gasteiger charge is -2.36. The van der Waals surface area contributed by atoms with Crippen LogP contribution in [0, 0.1) is 11.8 Å². The van der Waals surface area contributed by atoms with Gasteiger partial charge in [0, 0.05) is 12.1 Å². The van der Waals surface area contributed by atoms with E-state index < -0.39 is 13.9 Å². The van der Waals surface area contributed by atoms with Gasteiger partial charge in [-0.25, -0.2) is 4.79 Å². The predicted octanol–water partition coefficient (Wildman–Crippen LogP) is 5.91. The summed E-state index contributed by atoms with van der Waals surface area (Å²) in [6.45, 7) is 20.1. The van der Waals surface area contributed by atoms with Crippen LogP contribution in [0.25, 0.3) is 0 Å². The van der Waals surface area contributed by atoms with E-state index in [4.69, 9.17) is 9.16 Å². The molecule has 0 aliphatic carbocycles. The van der Waals surface area contributed by atoms with Crippen LogP contribution in [0.15, 0.2) is 18.2 Å². The molecular weight excluding hydrogens is 378 g/mol. The fraction of sp³-hybridized carbons (Fsp3) is 0.625. The van der Waals surface area contributed by atoms with E-state index in [-0.39, 0.29) is 17.2 Å².